The van der Waals surface area contributed by atoms with E-state index in [1.54, 1.807) is 0 Å². The number of hydrogen-bond donors (Lipinski definition) is 1. The molecule has 0 fully saturated rings. The third-order valence-corrected chi connectivity index (χ3v) is 5.19. The van der Waals surface area contributed by atoms with Gasteiger partial charge in [-0.25, -0.2) is 0 Å². The van der Waals surface area contributed by atoms with Crippen LogP contribution in [-0.2, 0) is 0 Å². The van der Waals surface area contributed by atoms with Crippen LogP contribution < -0.4 is 5.73 Å². The van der Waals surface area contributed by atoms with Crippen molar-refractivity contribution < 1.29 is 0 Å². The number of halogens is 3. The molecule has 24 heavy (non-hydrogen) atoms. The molecule has 0 radical (unpaired) electrons. The van der Waals surface area contributed by atoms with E-state index in [9.17, 15) is 0 Å². The lowest BCUT2D eigenvalue weighted by molar-refractivity contribution is 0.502. The van der Waals surface area contributed by atoms with Gasteiger partial charge in [0.15, 0.2) is 0 Å². The molecule has 2 N–H and O–H groups in total. The van der Waals surface area contributed by atoms with E-state index in [4.69, 9.17) is 28.9 Å². The second-order valence-electron chi connectivity index (χ2n) is 6.60. The molecule has 0 amide bonds. The summed E-state index contributed by atoms with van der Waals surface area (Å²) >= 11 is 12.6. The first-order valence-corrected chi connectivity index (χ1v) is 10.1. The normalized spacial score (nSPS) is 13.3. The summed E-state index contributed by atoms with van der Waals surface area (Å²) in [4.78, 5) is 0. The molecule has 1 aromatic rings. The molecule has 2 unspecified atom stereocenters. The van der Waals surface area contributed by atoms with Crippen molar-refractivity contribution >= 4 is 35.6 Å². The molecule has 0 aliphatic rings. The van der Waals surface area contributed by atoms with E-state index in [0.717, 1.165) is 23.4 Å². The van der Waals surface area contributed by atoms with Gasteiger partial charge in [-0.3, -0.25) is 0 Å². The second-order valence-corrected chi connectivity index (χ2v) is 7.54. The standard InChI is InChI=1S/C20H33Cl2N.ClH/c1-2-3-4-5-6-7-8-9-10-13-17(23)16-20(22)18-14-11-12-15-19(18)21;/h11-12,14-15,17,20H,2-10,13,16,23H2,1H3;1H. The molecule has 0 saturated carbocycles. The SMILES string of the molecule is CCCCCCCCCCCC(N)CC(Cl)c1ccccc1Cl.Cl. The Morgan fingerprint density at radius 2 is 1.46 bits per heavy atom. The monoisotopic (exact) mass is 393 g/mol. The van der Waals surface area contributed by atoms with Gasteiger partial charge >= 0.3 is 0 Å². The van der Waals surface area contributed by atoms with E-state index in [-0.39, 0.29) is 23.8 Å². The van der Waals surface area contributed by atoms with Crippen molar-refractivity contribution in [2.75, 3.05) is 0 Å². The van der Waals surface area contributed by atoms with Gasteiger partial charge in [0, 0.05) is 11.1 Å². The first-order valence-electron chi connectivity index (χ1n) is 9.29. The number of nitrogens with two attached hydrogens (primary N) is 1. The Bertz CT molecular complexity index is 412. The maximum absolute atomic E-state index is 6.46. The van der Waals surface area contributed by atoms with Crippen LogP contribution in [0, 0.1) is 0 Å². The van der Waals surface area contributed by atoms with Crippen LogP contribution in [0.5, 0.6) is 0 Å². The quantitative estimate of drug-likeness (QED) is 0.269. The van der Waals surface area contributed by atoms with Crippen molar-refractivity contribution in [1.29, 1.82) is 0 Å². The second kappa shape index (κ2) is 15.3. The molecule has 1 aromatic carbocycles. The smallest absolute Gasteiger partial charge is 0.0614 e. The van der Waals surface area contributed by atoms with Gasteiger partial charge in [-0.2, -0.15) is 0 Å². The van der Waals surface area contributed by atoms with Crippen molar-refractivity contribution in [1.82, 2.24) is 0 Å². The molecule has 140 valence electrons. The molecule has 0 bridgehead atoms. The molecule has 0 aromatic heterocycles. The fourth-order valence-corrected chi connectivity index (χ4v) is 3.70. The lowest BCUT2D eigenvalue weighted by Crippen LogP contribution is -2.21. The zero-order valence-corrected chi connectivity index (χ0v) is 17.3. The van der Waals surface area contributed by atoms with E-state index in [0.29, 0.717) is 0 Å². The summed E-state index contributed by atoms with van der Waals surface area (Å²) in [5, 5.41) is 0.653. The summed E-state index contributed by atoms with van der Waals surface area (Å²) in [5.41, 5.74) is 7.23. The molecule has 2 atom stereocenters. The largest absolute Gasteiger partial charge is 0.328 e. The lowest BCUT2D eigenvalue weighted by Gasteiger charge is -2.17. The first kappa shape index (κ1) is 24.1. The van der Waals surface area contributed by atoms with Gasteiger partial charge in [0.25, 0.3) is 0 Å². The average Bonchev–Trinajstić information content (AvgIpc) is 2.53. The van der Waals surface area contributed by atoms with Crippen LogP contribution in [0.1, 0.15) is 88.5 Å². The highest BCUT2D eigenvalue weighted by Crippen LogP contribution is 2.31. The molecule has 4 heteroatoms. The van der Waals surface area contributed by atoms with Gasteiger partial charge in [-0.05, 0) is 24.5 Å². The fourth-order valence-electron chi connectivity index (χ4n) is 2.96. The van der Waals surface area contributed by atoms with Gasteiger partial charge in [0.05, 0.1) is 5.38 Å². The topological polar surface area (TPSA) is 26.0 Å². The molecule has 0 spiro atoms. The van der Waals surface area contributed by atoms with Gasteiger partial charge in [-0.1, -0.05) is 94.5 Å². The highest BCUT2D eigenvalue weighted by Gasteiger charge is 2.15. The maximum Gasteiger partial charge on any atom is 0.0614 e. The number of hydrogen-bond acceptors (Lipinski definition) is 1. The maximum atomic E-state index is 6.46. The summed E-state index contributed by atoms with van der Waals surface area (Å²) in [6.45, 7) is 2.26. The van der Waals surface area contributed by atoms with Crippen molar-refractivity contribution in [3.8, 4) is 0 Å². The Hall–Kier alpha value is 0.0500. The van der Waals surface area contributed by atoms with Crippen molar-refractivity contribution in [3.63, 3.8) is 0 Å². The van der Waals surface area contributed by atoms with E-state index in [1.807, 2.05) is 24.3 Å². The Balaban J connectivity index is 0.00000529. The van der Waals surface area contributed by atoms with Gasteiger partial charge in [-0.15, -0.1) is 24.0 Å². The highest BCUT2D eigenvalue weighted by molar-refractivity contribution is 6.32. The van der Waals surface area contributed by atoms with Gasteiger partial charge in [0.2, 0.25) is 0 Å². The minimum Gasteiger partial charge on any atom is -0.328 e. The van der Waals surface area contributed by atoms with Crippen LogP contribution >= 0.6 is 35.6 Å². The number of alkyl halides is 1. The van der Waals surface area contributed by atoms with E-state index in [2.05, 4.69) is 6.92 Å². The van der Waals surface area contributed by atoms with Crippen LogP contribution in [0.25, 0.3) is 0 Å². The zero-order chi connectivity index (χ0) is 16.9. The Kier molecular flexibility index (Phi) is 15.3. The summed E-state index contributed by atoms with van der Waals surface area (Å²) in [5.74, 6) is 0. The Labute approximate surface area is 165 Å². The molecule has 0 heterocycles. The minimum atomic E-state index is -0.0859. The van der Waals surface area contributed by atoms with Gasteiger partial charge in [0.1, 0.15) is 0 Å². The number of rotatable bonds is 13. The van der Waals surface area contributed by atoms with Crippen LogP contribution in [0.15, 0.2) is 24.3 Å². The molecule has 0 saturated heterocycles. The number of unbranched alkanes of at least 4 members (excludes halogenated alkanes) is 8. The van der Waals surface area contributed by atoms with E-state index >= 15 is 0 Å². The summed E-state index contributed by atoms with van der Waals surface area (Å²) in [6, 6.07) is 7.95. The summed E-state index contributed by atoms with van der Waals surface area (Å²) in [6.07, 6.45) is 14.0. The Morgan fingerprint density at radius 3 is 2.04 bits per heavy atom. The molecular formula is C20H34Cl3N. The van der Waals surface area contributed by atoms with E-state index in [1.165, 1.54) is 57.8 Å². The van der Waals surface area contributed by atoms with Crippen molar-refractivity contribution in [3.05, 3.63) is 34.9 Å². The predicted molar refractivity (Wildman–Crippen MR) is 112 cm³/mol. The first-order chi connectivity index (χ1) is 11.1. The minimum absolute atomic E-state index is 0. The average molecular weight is 395 g/mol. The molecule has 0 aliphatic carbocycles. The molecule has 1 rings (SSSR count). The fraction of sp³-hybridized carbons (Fsp3) is 0.700. The van der Waals surface area contributed by atoms with Crippen LogP contribution in [0.3, 0.4) is 0 Å². The third-order valence-electron chi connectivity index (χ3n) is 4.43. The summed E-state index contributed by atoms with van der Waals surface area (Å²) in [7, 11) is 0. The van der Waals surface area contributed by atoms with Crippen molar-refractivity contribution in [2.45, 2.75) is 89.0 Å². The third kappa shape index (κ3) is 10.8. The molecule has 1 nitrogen and oxygen atoms in total. The zero-order valence-electron chi connectivity index (χ0n) is 15.0. The molecular weight excluding hydrogens is 361 g/mol. The number of benzene rings is 1. The predicted octanol–water partition coefficient (Wildman–Crippen LogP) is 7.68. The van der Waals surface area contributed by atoms with Crippen LogP contribution in [-0.4, -0.2) is 6.04 Å². The van der Waals surface area contributed by atoms with Crippen LogP contribution in [0.4, 0.5) is 0 Å². The van der Waals surface area contributed by atoms with Crippen molar-refractivity contribution in [2.24, 2.45) is 5.73 Å². The van der Waals surface area contributed by atoms with E-state index < -0.39 is 0 Å². The Morgan fingerprint density at radius 1 is 0.917 bits per heavy atom. The molecule has 0 aliphatic heterocycles. The lowest BCUT2D eigenvalue weighted by atomic mass is 9.99. The highest BCUT2D eigenvalue weighted by atomic mass is 35.5. The van der Waals surface area contributed by atoms with Crippen LogP contribution in [0.2, 0.25) is 5.02 Å². The van der Waals surface area contributed by atoms with Gasteiger partial charge < -0.3 is 5.73 Å². The summed E-state index contributed by atoms with van der Waals surface area (Å²) < 4.78 is 0.